The molecule has 0 unspecified atom stereocenters. The zero-order valence-corrected chi connectivity index (χ0v) is 8.31. The first-order valence-electron chi connectivity index (χ1n) is 4.36. The lowest BCUT2D eigenvalue weighted by molar-refractivity contribution is 1.32. The monoisotopic (exact) mass is 160 g/mol. The number of allylic oxidation sites excluding steroid dienone is 2. The number of hydrogen-bond donors (Lipinski definition) is 0. The maximum absolute atomic E-state index is 2.16. The van der Waals surface area contributed by atoms with Gasteiger partial charge in [-0.3, -0.25) is 0 Å². The van der Waals surface area contributed by atoms with Crippen LogP contribution in [0.3, 0.4) is 0 Å². The molecule has 0 bridgehead atoms. The normalized spacial score (nSPS) is 11.8. The van der Waals surface area contributed by atoms with Gasteiger partial charge < -0.3 is 0 Å². The van der Waals surface area contributed by atoms with E-state index in [1.165, 1.54) is 22.3 Å². The molecule has 64 valence electrons. The van der Waals surface area contributed by atoms with Gasteiger partial charge in [0.2, 0.25) is 0 Å². The second-order valence-electron chi connectivity index (χ2n) is 3.24. The molecule has 0 aliphatic rings. The molecule has 0 saturated carbocycles. The van der Waals surface area contributed by atoms with Gasteiger partial charge in [0, 0.05) is 0 Å². The molecule has 0 aromatic heterocycles. The Kier molecular flexibility index (Phi) is 2.69. The maximum atomic E-state index is 2.16. The van der Waals surface area contributed by atoms with Crippen LogP contribution in [0, 0.1) is 13.8 Å². The summed E-state index contributed by atoms with van der Waals surface area (Å²) in [6.45, 7) is 8.57. The van der Waals surface area contributed by atoms with Crippen LogP contribution in [0.2, 0.25) is 0 Å². The van der Waals surface area contributed by atoms with Gasteiger partial charge in [-0.05, 0) is 50.0 Å². The van der Waals surface area contributed by atoms with Gasteiger partial charge in [0.05, 0.1) is 0 Å². The summed E-state index contributed by atoms with van der Waals surface area (Å²) in [5.74, 6) is 0. The molecule has 1 aromatic carbocycles. The van der Waals surface area contributed by atoms with Crippen molar-refractivity contribution in [2.24, 2.45) is 0 Å². The van der Waals surface area contributed by atoms with E-state index in [2.05, 4.69) is 52.0 Å². The van der Waals surface area contributed by atoms with Crippen molar-refractivity contribution in [1.29, 1.82) is 0 Å². The Labute approximate surface area is 74.9 Å². The highest BCUT2D eigenvalue weighted by Gasteiger charge is 2.01. The Morgan fingerprint density at radius 1 is 1.17 bits per heavy atom. The van der Waals surface area contributed by atoms with Crippen molar-refractivity contribution in [3.8, 4) is 0 Å². The highest BCUT2D eigenvalue weighted by molar-refractivity contribution is 5.68. The minimum atomic E-state index is 1.37. The quantitative estimate of drug-likeness (QED) is 0.587. The van der Waals surface area contributed by atoms with Gasteiger partial charge in [-0.15, -0.1) is 0 Å². The molecule has 0 N–H and O–H groups in total. The third-order valence-corrected chi connectivity index (χ3v) is 2.31. The van der Waals surface area contributed by atoms with Gasteiger partial charge in [0.1, 0.15) is 0 Å². The average molecular weight is 160 g/mol. The van der Waals surface area contributed by atoms with Crippen molar-refractivity contribution < 1.29 is 0 Å². The molecule has 0 saturated heterocycles. The highest BCUT2D eigenvalue weighted by atomic mass is 14.1. The van der Waals surface area contributed by atoms with Crippen molar-refractivity contribution in [1.82, 2.24) is 0 Å². The van der Waals surface area contributed by atoms with Crippen LogP contribution in [0.4, 0.5) is 0 Å². The molecule has 0 heterocycles. The Balaban J connectivity index is 3.31. The first kappa shape index (κ1) is 9.05. The predicted octanol–water partition coefficient (Wildman–Crippen LogP) is 3.73. The average Bonchev–Trinajstić information content (AvgIpc) is 2.03. The van der Waals surface area contributed by atoms with E-state index in [0.29, 0.717) is 0 Å². The lowest BCUT2D eigenvalue weighted by Gasteiger charge is -2.08. The van der Waals surface area contributed by atoms with Gasteiger partial charge in [0.25, 0.3) is 0 Å². The van der Waals surface area contributed by atoms with E-state index in [1.54, 1.807) is 0 Å². The van der Waals surface area contributed by atoms with E-state index in [4.69, 9.17) is 0 Å². The largest absolute Gasteiger partial charge is 0.0841 e. The molecule has 1 aromatic rings. The van der Waals surface area contributed by atoms with Gasteiger partial charge in [-0.25, -0.2) is 0 Å². The summed E-state index contributed by atoms with van der Waals surface area (Å²) in [5.41, 5.74) is 5.50. The maximum Gasteiger partial charge on any atom is -0.0172 e. The van der Waals surface area contributed by atoms with Crippen molar-refractivity contribution >= 4 is 5.57 Å². The fourth-order valence-corrected chi connectivity index (χ4v) is 1.58. The van der Waals surface area contributed by atoms with Gasteiger partial charge in [0.15, 0.2) is 0 Å². The molecule has 0 aliphatic carbocycles. The molecule has 1 rings (SSSR count). The standard InChI is InChI=1S/C12H16/c1-5-9(2)12-10(3)7-6-8-11(12)4/h5-8H,1-4H3/b9-5+. The van der Waals surface area contributed by atoms with E-state index in [0.717, 1.165) is 0 Å². The van der Waals surface area contributed by atoms with E-state index in [1.807, 2.05) is 0 Å². The van der Waals surface area contributed by atoms with Gasteiger partial charge in [-0.1, -0.05) is 24.3 Å². The Morgan fingerprint density at radius 3 is 2.08 bits per heavy atom. The zero-order valence-electron chi connectivity index (χ0n) is 8.31. The highest BCUT2D eigenvalue weighted by Crippen LogP contribution is 2.21. The molecule has 0 radical (unpaired) electrons. The number of aryl methyl sites for hydroxylation is 2. The summed E-state index contributed by atoms with van der Waals surface area (Å²) < 4.78 is 0. The van der Waals surface area contributed by atoms with E-state index in [-0.39, 0.29) is 0 Å². The fourth-order valence-electron chi connectivity index (χ4n) is 1.58. The SMILES string of the molecule is C/C=C(\C)c1c(C)cccc1C. The molecule has 0 amide bonds. The van der Waals surface area contributed by atoms with Gasteiger partial charge >= 0.3 is 0 Å². The summed E-state index contributed by atoms with van der Waals surface area (Å²) in [5, 5.41) is 0. The second-order valence-corrected chi connectivity index (χ2v) is 3.24. The lowest BCUT2D eigenvalue weighted by atomic mass is 9.97. The van der Waals surface area contributed by atoms with Crippen LogP contribution >= 0.6 is 0 Å². The first-order valence-corrected chi connectivity index (χ1v) is 4.36. The topological polar surface area (TPSA) is 0 Å². The van der Waals surface area contributed by atoms with Crippen molar-refractivity contribution in [2.45, 2.75) is 27.7 Å². The molecule has 0 spiro atoms. The van der Waals surface area contributed by atoms with Crippen LogP contribution in [0.15, 0.2) is 24.3 Å². The Morgan fingerprint density at radius 2 is 1.67 bits per heavy atom. The van der Waals surface area contributed by atoms with Crippen LogP contribution in [0.5, 0.6) is 0 Å². The summed E-state index contributed by atoms with van der Waals surface area (Å²) in [7, 11) is 0. The van der Waals surface area contributed by atoms with Crippen LogP contribution < -0.4 is 0 Å². The summed E-state index contributed by atoms with van der Waals surface area (Å²) in [6.07, 6.45) is 2.16. The van der Waals surface area contributed by atoms with Crippen LogP contribution in [-0.4, -0.2) is 0 Å². The minimum Gasteiger partial charge on any atom is -0.0841 e. The van der Waals surface area contributed by atoms with Gasteiger partial charge in [-0.2, -0.15) is 0 Å². The van der Waals surface area contributed by atoms with E-state index in [9.17, 15) is 0 Å². The second kappa shape index (κ2) is 3.57. The lowest BCUT2D eigenvalue weighted by Crippen LogP contribution is -1.89. The first-order chi connectivity index (χ1) is 5.66. The molecular weight excluding hydrogens is 144 g/mol. The molecule has 12 heavy (non-hydrogen) atoms. The third kappa shape index (κ3) is 1.58. The van der Waals surface area contributed by atoms with E-state index < -0.39 is 0 Å². The summed E-state index contributed by atoms with van der Waals surface area (Å²) >= 11 is 0. The molecular formula is C12H16. The molecule has 0 nitrogen and oxygen atoms in total. The summed E-state index contributed by atoms with van der Waals surface area (Å²) in [4.78, 5) is 0. The zero-order chi connectivity index (χ0) is 9.14. The Bertz CT molecular complexity index is 286. The van der Waals surface area contributed by atoms with Crippen LogP contribution in [-0.2, 0) is 0 Å². The van der Waals surface area contributed by atoms with E-state index >= 15 is 0 Å². The fraction of sp³-hybridized carbons (Fsp3) is 0.333. The predicted molar refractivity (Wildman–Crippen MR) is 55.2 cm³/mol. The number of hydrogen-bond acceptors (Lipinski definition) is 0. The summed E-state index contributed by atoms with van der Waals surface area (Å²) in [6, 6.07) is 6.43. The van der Waals surface area contributed by atoms with Crippen molar-refractivity contribution in [3.05, 3.63) is 41.0 Å². The molecule has 0 fully saturated rings. The van der Waals surface area contributed by atoms with Crippen LogP contribution in [0.1, 0.15) is 30.5 Å². The third-order valence-electron chi connectivity index (χ3n) is 2.31. The van der Waals surface area contributed by atoms with Crippen molar-refractivity contribution in [2.75, 3.05) is 0 Å². The molecule has 0 atom stereocenters. The number of rotatable bonds is 1. The number of benzene rings is 1. The van der Waals surface area contributed by atoms with Crippen molar-refractivity contribution in [3.63, 3.8) is 0 Å². The molecule has 0 heteroatoms. The minimum absolute atomic E-state index is 1.37. The van der Waals surface area contributed by atoms with Crippen LogP contribution in [0.25, 0.3) is 5.57 Å². The molecule has 0 aliphatic heterocycles. The Hall–Kier alpha value is -1.04. The smallest absolute Gasteiger partial charge is 0.0172 e.